The lowest BCUT2D eigenvalue weighted by Crippen LogP contribution is -2.23. The molecule has 0 bridgehead atoms. The van der Waals surface area contributed by atoms with Crippen LogP contribution in [-0.2, 0) is 6.54 Å². The number of nitrogen functional groups attached to an aromatic ring is 1. The van der Waals surface area contributed by atoms with Crippen molar-refractivity contribution in [3.63, 3.8) is 0 Å². The van der Waals surface area contributed by atoms with Gasteiger partial charge in [-0.2, -0.15) is 0 Å². The fraction of sp³-hybridized carbons (Fsp3) is 0.350. The van der Waals surface area contributed by atoms with Crippen LogP contribution in [0.5, 0.6) is 0 Å². The number of carbonyl (C=O) groups excluding carboxylic acids is 1. The van der Waals surface area contributed by atoms with Crippen molar-refractivity contribution in [1.29, 1.82) is 0 Å². The molecule has 118 valence electrons. The van der Waals surface area contributed by atoms with E-state index in [1.165, 1.54) is 37.7 Å². The van der Waals surface area contributed by atoms with Gasteiger partial charge >= 0.3 is 0 Å². The average molecular weight is 306 g/mol. The van der Waals surface area contributed by atoms with E-state index in [1.54, 1.807) is 6.07 Å². The predicted octanol–water partition coefficient (Wildman–Crippen LogP) is 4.48. The van der Waals surface area contributed by atoms with Gasteiger partial charge in [-0.05, 0) is 54.2 Å². The fourth-order valence-corrected chi connectivity index (χ4v) is 3.89. The lowest BCUT2D eigenvalue weighted by Gasteiger charge is -2.23. The Bertz CT molecular complexity index is 730. The SMILES string of the molecule is Nc1ccc2c(c1)C(=O)N(c1ccc(C3CCCCC3)cc1)C2. The van der Waals surface area contributed by atoms with E-state index in [9.17, 15) is 4.79 Å². The number of hydrogen-bond donors (Lipinski definition) is 1. The number of amides is 1. The molecule has 1 fully saturated rings. The van der Waals surface area contributed by atoms with Crippen molar-refractivity contribution < 1.29 is 4.79 Å². The summed E-state index contributed by atoms with van der Waals surface area (Å²) in [5.74, 6) is 0.752. The lowest BCUT2D eigenvalue weighted by molar-refractivity contribution is 0.0996. The predicted molar refractivity (Wildman–Crippen MR) is 93.6 cm³/mol. The summed E-state index contributed by atoms with van der Waals surface area (Å²) in [6.45, 7) is 0.636. The summed E-state index contributed by atoms with van der Waals surface area (Å²) in [7, 11) is 0. The molecule has 0 saturated heterocycles. The van der Waals surface area contributed by atoms with E-state index in [2.05, 4.69) is 24.3 Å². The molecular weight excluding hydrogens is 284 g/mol. The van der Waals surface area contributed by atoms with Crippen LogP contribution in [0.3, 0.4) is 0 Å². The Hall–Kier alpha value is -2.29. The Morgan fingerprint density at radius 3 is 2.43 bits per heavy atom. The zero-order valence-electron chi connectivity index (χ0n) is 13.3. The van der Waals surface area contributed by atoms with Crippen LogP contribution in [-0.4, -0.2) is 5.91 Å². The summed E-state index contributed by atoms with van der Waals surface area (Å²) in [4.78, 5) is 14.4. The lowest BCUT2D eigenvalue weighted by atomic mass is 9.84. The second-order valence-electron chi connectivity index (χ2n) is 6.73. The van der Waals surface area contributed by atoms with Crippen molar-refractivity contribution >= 4 is 17.3 Å². The monoisotopic (exact) mass is 306 g/mol. The van der Waals surface area contributed by atoms with Gasteiger partial charge in [-0.1, -0.05) is 37.5 Å². The van der Waals surface area contributed by atoms with Crippen molar-refractivity contribution in [3.8, 4) is 0 Å². The van der Waals surface area contributed by atoms with Crippen molar-refractivity contribution in [2.24, 2.45) is 0 Å². The topological polar surface area (TPSA) is 46.3 Å². The normalized spacial score (nSPS) is 18.3. The quantitative estimate of drug-likeness (QED) is 0.832. The average Bonchev–Trinajstić information content (AvgIpc) is 2.92. The van der Waals surface area contributed by atoms with E-state index in [0.717, 1.165) is 16.8 Å². The maximum Gasteiger partial charge on any atom is 0.259 e. The van der Waals surface area contributed by atoms with E-state index >= 15 is 0 Å². The molecule has 2 aromatic rings. The van der Waals surface area contributed by atoms with Gasteiger partial charge < -0.3 is 10.6 Å². The highest BCUT2D eigenvalue weighted by molar-refractivity contribution is 6.10. The summed E-state index contributed by atoms with van der Waals surface area (Å²) in [5.41, 5.74) is 10.6. The van der Waals surface area contributed by atoms with Crippen LogP contribution in [0.2, 0.25) is 0 Å². The van der Waals surface area contributed by atoms with E-state index in [1.807, 2.05) is 17.0 Å². The van der Waals surface area contributed by atoms with Crippen molar-refractivity contribution in [3.05, 3.63) is 59.2 Å². The number of fused-ring (bicyclic) bond motifs is 1. The van der Waals surface area contributed by atoms with Gasteiger partial charge in [0.1, 0.15) is 0 Å². The van der Waals surface area contributed by atoms with Gasteiger partial charge in [0, 0.05) is 16.9 Å². The molecule has 0 aromatic heterocycles. The molecule has 0 atom stereocenters. The number of anilines is 2. The minimum absolute atomic E-state index is 0.0534. The third-order valence-corrected chi connectivity index (χ3v) is 5.22. The zero-order chi connectivity index (χ0) is 15.8. The van der Waals surface area contributed by atoms with E-state index in [-0.39, 0.29) is 5.91 Å². The minimum Gasteiger partial charge on any atom is -0.399 e. The highest BCUT2D eigenvalue weighted by atomic mass is 16.2. The largest absolute Gasteiger partial charge is 0.399 e. The summed E-state index contributed by atoms with van der Waals surface area (Å²) in [6, 6.07) is 14.2. The van der Waals surface area contributed by atoms with Crippen LogP contribution in [0.4, 0.5) is 11.4 Å². The van der Waals surface area contributed by atoms with Crippen molar-refractivity contribution in [2.45, 2.75) is 44.6 Å². The first-order chi connectivity index (χ1) is 11.2. The second kappa shape index (κ2) is 5.73. The molecule has 0 spiro atoms. The number of hydrogen-bond acceptors (Lipinski definition) is 2. The molecule has 3 nitrogen and oxygen atoms in total. The van der Waals surface area contributed by atoms with E-state index in [0.29, 0.717) is 18.2 Å². The van der Waals surface area contributed by atoms with Crippen molar-refractivity contribution in [1.82, 2.24) is 0 Å². The van der Waals surface area contributed by atoms with Gasteiger partial charge in [0.05, 0.1) is 6.54 Å². The molecule has 1 saturated carbocycles. The van der Waals surface area contributed by atoms with Crippen LogP contribution in [0, 0.1) is 0 Å². The molecule has 0 unspecified atom stereocenters. The molecule has 2 aromatic carbocycles. The van der Waals surface area contributed by atoms with Gasteiger partial charge in [-0.3, -0.25) is 4.79 Å². The van der Waals surface area contributed by atoms with E-state index < -0.39 is 0 Å². The van der Waals surface area contributed by atoms with Crippen LogP contribution in [0.1, 0.15) is 59.5 Å². The third-order valence-electron chi connectivity index (χ3n) is 5.22. The highest BCUT2D eigenvalue weighted by Crippen LogP contribution is 2.35. The first kappa shape index (κ1) is 14.3. The summed E-state index contributed by atoms with van der Waals surface area (Å²) in [6.07, 6.45) is 6.65. The molecule has 0 radical (unpaired) electrons. The summed E-state index contributed by atoms with van der Waals surface area (Å²) < 4.78 is 0. The Balaban J connectivity index is 1.56. The molecule has 1 amide bonds. The zero-order valence-corrected chi connectivity index (χ0v) is 13.3. The molecule has 1 aliphatic carbocycles. The number of rotatable bonds is 2. The third kappa shape index (κ3) is 2.61. The van der Waals surface area contributed by atoms with Crippen LogP contribution >= 0.6 is 0 Å². The van der Waals surface area contributed by atoms with E-state index in [4.69, 9.17) is 5.73 Å². The van der Waals surface area contributed by atoms with Crippen LogP contribution in [0.25, 0.3) is 0 Å². The molecular formula is C20H22N2O. The Kier molecular flexibility index (Phi) is 3.56. The molecule has 1 heterocycles. The maximum atomic E-state index is 12.6. The van der Waals surface area contributed by atoms with Gasteiger partial charge in [-0.15, -0.1) is 0 Å². The number of nitrogens with two attached hydrogens (primary N) is 1. The molecule has 2 aliphatic rings. The highest BCUT2D eigenvalue weighted by Gasteiger charge is 2.28. The fourth-order valence-electron chi connectivity index (χ4n) is 3.89. The molecule has 3 heteroatoms. The van der Waals surface area contributed by atoms with Crippen LogP contribution in [0.15, 0.2) is 42.5 Å². The summed E-state index contributed by atoms with van der Waals surface area (Å²) >= 11 is 0. The number of carbonyl (C=O) groups is 1. The van der Waals surface area contributed by atoms with Gasteiger partial charge in [0.25, 0.3) is 5.91 Å². The minimum atomic E-state index is 0.0534. The van der Waals surface area contributed by atoms with Crippen LogP contribution < -0.4 is 10.6 Å². The summed E-state index contributed by atoms with van der Waals surface area (Å²) in [5, 5.41) is 0. The maximum absolute atomic E-state index is 12.6. The van der Waals surface area contributed by atoms with Gasteiger partial charge in [0.15, 0.2) is 0 Å². The Morgan fingerprint density at radius 2 is 1.70 bits per heavy atom. The Labute approximate surface area is 137 Å². The van der Waals surface area contributed by atoms with Gasteiger partial charge in [-0.25, -0.2) is 0 Å². The molecule has 1 aliphatic heterocycles. The second-order valence-corrected chi connectivity index (χ2v) is 6.73. The smallest absolute Gasteiger partial charge is 0.259 e. The Morgan fingerprint density at radius 1 is 0.957 bits per heavy atom. The van der Waals surface area contributed by atoms with Crippen molar-refractivity contribution in [2.75, 3.05) is 10.6 Å². The number of benzene rings is 2. The van der Waals surface area contributed by atoms with Gasteiger partial charge in [0.2, 0.25) is 0 Å². The first-order valence-electron chi connectivity index (χ1n) is 8.52. The standard InChI is InChI=1S/C20H22N2O/c21-17-9-6-16-13-22(20(23)19(16)12-17)18-10-7-15(8-11-18)14-4-2-1-3-5-14/h6-12,14H,1-5,13,21H2. The number of nitrogens with zero attached hydrogens (tertiary/aromatic N) is 1. The first-order valence-corrected chi connectivity index (χ1v) is 8.52. The molecule has 4 rings (SSSR count). The molecule has 23 heavy (non-hydrogen) atoms. The molecule has 2 N–H and O–H groups in total.